The molecule has 1 aromatic rings. The van der Waals surface area contributed by atoms with Gasteiger partial charge in [-0.2, -0.15) is 0 Å². The summed E-state index contributed by atoms with van der Waals surface area (Å²) in [6.07, 6.45) is 3.96. The lowest BCUT2D eigenvalue weighted by Gasteiger charge is -2.09. The predicted molar refractivity (Wildman–Crippen MR) is 50.0 cm³/mol. The summed E-state index contributed by atoms with van der Waals surface area (Å²) < 4.78 is 0. The second-order valence-electron chi connectivity index (χ2n) is 3.15. The smallest absolute Gasteiger partial charge is 0.123 e. The Kier molecular flexibility index (Phi) is 1.37. The lowest BCUT2D eigenvalue weighted by atomic mass is 10.00. The number of allylic oxidation sites excluding steroid dienone is 1. The Morgan fingerprint density at radius 3 is 2.83 bits per heavy atom. The molecule has 0 saturated carbocycles. The SMILES string of the molecule is CC1C=Cc2c(O)ccc(N)c21. The van der Waals surface area contributed by atoms with Crippen molar-refractivity contribution in [2.45, 2.75) is 12.8 Å². The van der Waals surface area contributed by atoms with Crippen LogP contribution >= 0.6 is 0 Å². The first kappa shape index (κ1) is 7.22. The summed E-state index contributed by atoms with van der Waals surface area (Å²) in [5, 5.41) is 9.47. The molecule has 2 rings (SSSR count). The van der Waals surface area contributed by atoms with Crippen LogP contribution in [0.5, 0.6) is 5.75 Å². The average molecular weight is 161 g/mol. The quantitative estimate of drug-likeness (QED) is 0.452. The molecular formula is C10H11NO. The molecule has 0 saturated heterocycles. The maximum atomic E-state index is 9.47. The van der Waals surface area contributed by atoms with Gasteiger partial charge in [-0.1, -0.05) is 19.1 Å². The highest BCUT2D eigenvalue weighted by atomic mass is 16.3. The number of fused-ring (bicyclic) bond motifs is 1. The molecule has 0 radical (unpaired) electrons. The molecule has 2 heteroatoms. The standard InChI is InChI=1S/C10H11NO/c1-6-2-3-7-9(12)5-4-8(11)10(6)7/h2-6,12H,11H2,1H3. The molecular weight excluding hydrogens is 150 g/mol. The topological polar surface area (TPSA) is 46.2 Å². The van der Waals surface area contributed by atoms with Gasteiger partial charge in [-0.05, 0) is 17.7 Å². The van der Waals surface area contributed by atoms with Crippen LogP contribution < -0.4 is 5.73 Å². The molecule has 1 aromatic carbocycles. The van der Waals surface area contributed by atoms with Crippen molar-refractivity contribution < 1.29 is 5.11 Å². The first-order valence-electron chi connectivity index (χ1n) is 3.99. The molecule has 0 spiro atoms. The van der Waals surface area contributed by atoms with Crippen LogP contribution in [0.2, 0.25) is 0 Å². The van der Waals surface area contributed by atoms with Gasteiger partial charge < -0.3 is 10.8 Å². The minimum Gasteiger partial charge on any atom is -0.507 e. The number of nitrogen functional groups attached to an aromatic ring is 1. The number of anilines is 1. The third kappa shape index (κ3) is 0.811. The van der Waals surface area contributed by atoms with Gasteiger partial charge in [-0.3, -0.25) is 0 Å². The summed E-state index contributed by atoms with van der Waals surface area (Å²) in [5.74, 6) is 0.645. The molecule has 62 valence electrons. The molecule has 1 atom stereocenters. The van der Waals surface area contributed by atoms with Crippen LogP contribution in [0, 0.1) is 0 Å². The fourth-order valence-corrected chi connectivity index (χ4v) is 1.66. The van der Waals surface area contributed by atoms with E-state index in [-0.39, 0.29) is 0 Å². The molecule has 0 heterocycles. The lowest BCUT2D eigenvalue weighted by Crippen LogP contribution is -1.96. The molecule has 0 aromatic heterocycles. The van der Waals surface area contributed by atoms with Crippen LogP contribution in [-0.4, -0.2) is 5.11 Å². The van der Waals surface area contributed by atoms with Crippen molar-refractivity contribution in [3.05, 3.63) is 29.3 Å². The summed E-state index contributed by atoms with van der Waals surface area (Å²) in [7, 11) is 0. The summed E-state index contributed by atoms with van der Waals surface area (Å²) in [6, 6.07) is 3.38. The fourth-order valence-electron chi connectivity index (χ4n) is 1.66. The first-order valence-corrected chi connectivity index (χ1v) is 3.99. The monoisotopic (exact) mass is 161 g/mol. The number of rotatable bonds is 0. The van der Waals surface area contributed by atoms with E-state index in [1.165, 1.54) is 0 Å². The van der Waals surface area contributed by atoms with Crippen LogP contribution in [0.3, 0.4) is 0 Å². The highest BCUT2D eigenvalue weighted by Crippen LogP contribution is 2.38. The zero-order valence-electron chi connectivity index (χ0n) is 6.91. The van der Waals surface area contributed by atoms with E-state index in [2.05, 4.69) is 6.92 Å². The fraction of sp³-hybridized carbons (Fsp3) is 0.200. The maximum absolute atomic E-state index is 9.47. The van der Waals surface area contributed by atoms with Gasteiger partial charge in [0.1, 0.15) is 5.75 Å². The van der Waals surface area contributed by atoms with Crippen molar-refractivity contribution in [3.63, 3.8) is 0 Å². The summed E-state index contributed by atoms with van der Waals surface area (Å²) in [5.41, 5.74) is 8.47. The molecule has 0 aliphatic heterocycles. The minimum atomic E-state index is 0.319. The normalized spacial score (nSPS) is 19.6. The van der Waals surface area contributed by atoms with Crippen LogP contribution in [0.15, 0.2) is 18.2 Å². The van der Waals surface area contributed by atoms with E-state index in [0.29, 0.717) is 11.7 Å². The van der Waals surface area contributed by atoms with Crippen LogP contribution in [0.25, 0.3) is 6.08 Å². The molecule has 1 unspecified atom stereocenters. The van der Waals surface area contributed by atoms with Crippen molar-refractivity contribution in [1.82, 2.24) is 0 Å². The van der Waals surface area contributed by atoms with E-state index in [1.54, 1.807) is 12.1 Å². The predicted octanol–water partition coefficient (Wildman–Crippen LogP) is 2.10. The van der Waals surface area contributed by atoms with E-state index >= 15 is 0 Å². The first-order chi connectivity index (χ1) is 5.70. The van der Waals surface area contributed by atoms with E-state index in [4.69, 9.17) is 5.73 Å². The van der Waals surface area contributed by atoms with E-state index in [1.807, 2.05) is 12.2 Å². The van der Waals surface area contributed by atoms with Crippen molar-refractivity contribution in [2.24, 2.45) is 0 Å². The molecule has 0 fully saturated rings. The Morgan fingerprint density at radius 2 is 2.17 bits per heavy atom. The largest absolute Gasteiger partial charge is 0.507 e. The summed E-state index contributed by atoms with van der Waals surface area (Å²) >= 11 is 0. The van der Waals surface area contributed by atoms with Gasteiger partial charge in [0.25, 0.3) is 0 Å². The molecule has 1 aliphatic carbocycles. The van der Waals surface area contributed by atoms with Crippen LogP contribution in [-0.2, 0) is 0 Å². The number of phenols is 1. The van der Waals surface area contributed by atoms with Gasteiger partial charge in [0.2, 0.25) is 0 Å². The van der Waals surface area contributed by atoms with Crippen LogP contribution in [0.4, 0.5) is 5.69 Å². The molecule has 0 amide bonds. The second kappa shape index (κ2) is 2.27. The van der Waals surface area contributed by atoms with E-state index in [0.717, 1.165) is 16.8 Å². The van der Waals surface area contributed by atoms with Crippen LogP contribution in [0.1, 0.15) is 24.0 Å². The van der Waals surface area contributed by atoms with Gasteiger partial charge in [0.15, 0.2) is 0 Å². The number of phenolic OH excluding ortho intramolecular Hbond substituents is 1. The van der Waals surface area contributed by atoms with Gasteiger partial charge in [0, 0.05) is 17.2 Å². The second-order valence-corrected chi connectivity index (χ2v) is 3.15. The Bertz CT molecular complexity index is 355. The number of nitrogens with two attached hydrogens (primary N) is 1. The Morgan fingerprint density at radius 1 is 1.42 bits per heavy atom. The summed E-state index contributed by atoms with van der Waals surface area (Å²) in [6.45, 7) is 2.07. The molecule has 2 nitrogen and oxygen atoms in total. The Labute approximate surface area is 71.3 Å². The van der Waals surface area contributed by atoms with Crippen molar-refractivity contribution in [1.29, 1.82) is 0 Å². The molecule has 1 aliphatic rings. The number of benzene rings is 1. The van der Waals surface area contributed by atoms with E-state index < -0.39 is 0 Å². The Balaban J connectivity index is 2.71. The number of aromatic hydroxyl groups is 1. The minimum absolute atomic E-state index is 0.319. The number of hydrogen-bond donors (Lipinski definition) is 2. The third-order valence-corrected chi connectivity index (χ3v) is 2.30. The van der Waals surface area contributed by atoms with Gasteiger partial charge in [-0.25, -0.2) is 0 Å². The zero-order valence-corrected chi connectivity index (χ0v) is 6.91. The van der Waals surface area contributed by atoms with Gasteiger partial charge in [-0.15, -0.1) is 0 Å². The van der Waals surface area contributed by atoms with E-state index in [9.17, 15) is 5.11 Å². The van der Waals surface area contributed by atoms with Gasteiger partial charge in [0.05, 0.1) is 0 Å². The van der Waals surface area contributed by atoms with Crippen molar-refractivity contribution in [2.75, 3.05) is 5.73 Å². The number of hydrogen-bond acceptors (Lipinski definition) is 2. The zero-order chi connectivity index (χ0) is 8.72. The average Bonchev–Trinajstić information content (AvgIpc) is 2.42. The molecule has 3 N–H and O–H groups in total. The highest BCUT2D eigenvalue weighted by Gasteiger charge is 2.18. The van der Waals surface area contributed by atoms with Gasteiger partial charge >= 0.3 is 0 Å². The van der Waals surface area contributed by atoms with Crippen molar-refractivity contribution in [3.8, 4) is 5.75 Å². The molecule has 0 bridgehead atoms. The Hall–Kier alpha value is -1.44. The highest BCUT2D eigenvalue weighted by molar-refractivity contribution is 5.74. The molecule has 12 heavy (non-hydrogen) atoms. The maximum Gasteiger partial charge on any atom is 0.123 e. The lowest BCUT2D eigenvalue weighted by molar-refractivity contribution is 0.473. The third-order valence-electron chi connectivity index (χ3n) is 2.30. The van der Waals surface area contributed by atoms with Crippen molar-refractivity contribution >= 4 is 11.8 Å². The summed E-state index contributed by atoms with van der Waals surface area (Å²) in [4.78, 5) is 0.